The summed E-state index contributed by atoms with van der Waals surface area (Å²) in [5.74, 6) is 1.21. The van der Waals surface area contributed by atoms with E-state index in [1.54, 1.807) is 12.4 Å². The Bertz CT molecular complexity index is 532. The minimum Gasteiger partial charge on any atom is -0.382 e. The molecular weight excluding hydrogens is 210 g/mol. The van der Waals surface area contributed by atoms with Crippen LogP contribution < -0.4 is 5.73 Å². The summed E-state index contributed by atoms with van der Waals surface area (Å²) in [7, 11) is 0. The van der Waals surface area contributed by atoms with Crippen molar-refractivity contribution in [2.45, 2.75) is 25.2 Å². The number of rotatable bonds is 2. The van der Waals surface area contributed by atoms with Gasteiger partial charge in [-0.25, -0.2) is 4.98 Å². The Balaban J connectivity index is 1.97. The number of anilines is 1. The molecule has 86 valence electrons. The van der Waals surface area contributed by atoms with Crippen LogP contribution in [0.5, 0.6) is 0 Å². The number of hydrogen-bond donors (Lipinski definition) is 1. The fourth-order valence-corrected chi connectivity index (χ4v) is 2.21. The maximum Gasteiger partial charge on any atom is 0.142 e. The van der Waals surface area contributed by atoms with Gasteiger partial charge in [-0.05, 0) is 30.4 Å². The van der Waals surface area contributed by atoms with Crippen LogP contribution >= 0.6 is 0 Å². The molecule has 0 saturated heterocycles. The summed E-state index contributed by atoms with van der Waals surface area (Å²) in [5, 5.41) is 0. The van der Waals surface area contributed by atoms with E-state index >= 15 is 0 Å². The Morgan fingerprint density at radius 1 is 1.18 bits per heavy atom. The minimum absolute atomic E-state index is 0.469. The van der Waals surface area contributed by atoms with Crippen LogP contribution in [0.1, 0.15) is 30.7 Å². The van der Waals surface area contributed by atoms with Gasteiger partial charge in [0.1, 0.15) is 5.82 Å². The first-order valence-corrected chi connectivity index (χ1v) is 6.01. The number of aromatic nitrogens is 2. The van der Waals surface area contributed by atoms with Crippen molar-refractivity contribution >= 4 is 5.82 Å². The topological polar surface area (TPSA) is 51.8 Å². The molecule has 1 heterocycles. The Morgan fingerprint density at radius 3 is 2.76 bits per heavy atom. The van der Waals surface area contributed by atoms with E-state index in [4.69, 9.17) is 5.73 Å². The first-order chi connectivity index (χ1) is 8.33. The highest BCUT2D eigenvalue weighted by Crippen LogP contribution is 2.37. The molecule has 3 heteroatoms. The highest BCUT2D eigenvalue weighted by atomic mass is 14.9. The van der Waals surface area contributed by atoms with Gasteiger partial charge in [0.15, 0.2) is 0 Å². The molecule has 1 aromatic carbocycles. The SMILES string of the molecule is Nc1cncc(-c2cccc(C3CCC3)c2)n1. The van der Waals surface area contributed by atoms with Crippen molar-refractivity contribution in [1.82, 2.24) is 9.97 Å². The second-order valence-corrected chi connectivity index (χ2v) is 4.58. The van der Waals surface area contributed by atoms with Crippen molar-refractivity contribution in [2.24, 2.45) is 0 Å². The maximum absolute atomic E-state index is 5.66. The van der Waals surface area contributed by atoms with Crippen LogP contribution in [-0.4, -0.2) is 9.97 Å². The van der Waals surface area contributed by atoms with Crippen molar-refractivity contribution < 1.29 is 0 Å². The molecular formula is C14H15N3. The molecule has 0 atom stereocenters. The lowest BCUT2D eigenvalue weighted by atomic mass is 9.79. The molecule has 0 radical (unpaired) electrons. The van der Waals surface area contributed by atoms with Crippen molar-refractivity contribution in [3.63, 3.8) is 0 Å². The van der Waals surface area contributed by atoms with Gasteiger partial charge in [-0.2, -0.15) is 0 Å². The number of hydrogen-bond acceptors (Lipinski definition) is 3. The van der Waals surface area contributed by atoms with E-state index < -0.39 is 0 Å². The van der Waals surface area contributed by atoms with E-state index in [0.717, 1.165) is 17.2 Å². The van der Waals surface area contributed by atoms with Gasteiger partial charge in [0.25, 0.3) is 0 Å². The summed E-state index contributed by atoms with van der Waals surface area (Å²) < 4.78 is 0. The first kappa shape index (κ1) is 10.3. The predicted octanol–water partition coefficient (Wildman–Crippen LogP) is 2.99. The van der Waals surface area contributed by atoms with Gasteiger partial charge in [0.2, 0.25) is 0 Å². The summed E-state index contributed by atoms with van der Waals surface area (Å²) in [6.07, 6.45) is 7.31. The standard InChI is InChI=1S/C14H15N3/c15-14-9-16-8-13(17-14)12-6-2-5-11(7-12)10-3-1-4-10/h2,5-10H,1,3-4H2,(H2,15,17). The third-order valence-electron chi connectivity index (χ3n) is 3.41. The normalized spacial score (nSPS) is 15.5. The van der Waals surface area contributed by atoms with Crippen LogP contribution in [0.2, 0.25) is 0 Å². The molecule has 1 aromatic heterocycles. The first-order valence-electron chi connectivity index (χ1n) is 6.01. The van der Waals surface area contributed by atoms with Crippen molar-refractivity contribution in [3.8, 4) is 11.3 Å². The van der Waals surface area contributed by atoms with Crippen molar-refractivity contribution in [2.75, 3.05) is 5.73 Å². The average Bonchev–Trinajstić information content (AvgIpc) is 2.27. The highest BCUT2D eigenvalue weighted by molar-refractivity contribution is 5.60. The van der Waals surface area contributed by atoms with Gasteiger partial charge in [0, 0.05) is 5.56 Å². The van der Waals surface area contributed by atoms with E-state index in [-0.39, 0.29) is 0 Å². The summed E-state index contributed by atoms with van der Waals surface area (Å²) in [4.78, 5) is 8.38. The maximum atomic E-state index is 5.66. The highest BCUT2D eigenvalue weighted by Gasteiger charge is 2.19. The van der Waals surface area contributed by atoms with E-state index in [0.29, 0.717) is 5.82 Å². The number of benzene rings is 1. The quantitative estimate of drug-likeness (QED) is 0.854. The molecule has 0 unspecified atom stereocenters. The smallest absolute Gasteiger partial charge is 0.142 e. The van der Waals surface area contributed by atoms with E-state index in [1.165, 1.54) is 24.8 Å². The molecule has 0 aliphatic heterocycles. The molecule has 0 spiro atoms. The predicted molar refractivity (Wildman–Crippen MR) is 68.5 cm³/mol. The third kappa shape index (κ3) is 2.00. The lowest BCUT2D eigenvalue weighted by Crippen LogP contribution is -2.08. The third-order valence-corrected chi connectivity index (χ3v) is 3.41. The van der Waals surface area contributed by atoms with Crippen molar-refractivity contribution in [1.29, 1.82) is 0 Å². The van der Waals surface area contributed by atoms with Crippen LogP contribution in [-0.2, 0) is 0 Å². The van der Waals surface area contributed by atoms with Gasteiger partial charge in [-0.15, -0.1) is 0 Å². The van der Waals surface area contributed by atoms with E-state index in [9.17, 15) is 0 Å². The number of nitrogen functional groups attached to an aromatic ring is 1. The average molecular weight is 225 g/mol. The fourth-order valence-electron chi connectivity index (χ4n) is 2.21. The molecule has 17 heavy (non-hydrogen) atoms. The molecule has 2 aromatic rings. The Labute approximate surface area is 101 Å². The zero-order chi connectivity index (χ0) is 11.7. The molecule has 1 fully saturated rings. The lowest BCUT2D eigenvalue weighted by Gasteiger charge is -2.26. The lowest BCUT2D eigenvalue weighted by molar-refractivity contribution is 0.420. The molecule has 3 rings (SSSR count). The van der Waals surface area contributed by atoms with Gasteiger partial charge >= 0.3 is 0 Å². The zero-order valence-corrected chi connectivity index (χ0v) is 9.63. The summed E-state index contributed by atoms with van der Waals surface area (Å²) >= 11 is 0. The van der Waals surface area contributed by atoms with Gasteiger partial charge in [0.05, 0.1) is 18.1 Å². The van der Waals surface area contributed by atoms with Crippen LogP contribution in [0.3, 0.4) is 0 Å². The second-order valence-electron chi connectivity index (χ2n) is 4.58. The molecule has 2 N–H and O–H groups in total. The monoisotopic (exact) mass is 225 g/mol. The Hall–Kier alpha value is -1.90. The van der Waals surface area contributed by atoms with Crippen molar-refractivity contribution in [3.05, 3.63) is 42.2 Å². The van der Waals surface area contributed by atoms with Crippen LogP contribution in [0.25, 0.3) is 11.3 Å². The van der Waals surface area contributed by atoms with E-state index in [2.05, 4.69) is 34.2 Å². The summed E-state index contributed by atoms with van der Waals surface area (Å²) in [6, 6.07) is 8.57. The molecule has 1 aliphatic carbocycles. The van der Waals surface area contributed by atoms with Crippen LogP contribution in [0.15, 0.2) is 36.7 Å². The van der Waals surface area contributed by atoms with Crippen LogP contribution in [0, 0.1) is 0 Å². The van der Waals surface area contributed by atoms with Gasteiger partial charge in [-0.1, -0.05) is 24.6 Å². The zero-order valence-electron chi connectivity index (χ0n) is 9.63. The summed E-state index contributed by atoms with van der Waals surface area (Å²) in [6.45, 7) is 0. The Kier molecular flexibility index (Phi) is 2.52. The molecule has 0 amide bonds. The Morgan fingerprint density at radius 2 is 2.06 bits per heavy atom. The van der Waals surface area contributed by atoms with E-state index in [1.807, 2.05) is 0 Å². The fraction of sp³-hybridized carbons (Fsp3) is 0.286. The second kappa shape index (κ2) is 4.17. The largest absolute Gasteiger partial charge is 0.382 e. The molecule has 1 aliphatic rings. The molecule has 1 saturated carbocycles. The molecule has 3 nitrogen and oxygen atoms in total. The van der Waals surface area contributed by atoms with Gasteiger partial charge < -0.3 is 5.73 Å². The molecule has 0 bridgehead atoms. The van der Waals surface area contributed by atoms with Gasteiger partial charge in [-0.3, -0.25) is 4.98 Å². The number of nitrogens with two attached hydrogens (primary N) is 1. The number of nitrogens with zero attached hydrogens (tertiary/aromatic N) is 2. The van der Waals surface area contributed by atoms with Crippen LogP contribution in [0.4, 0.5) is 5.82 Å². The summed E-state index contributed by atoms with van der Waals surface area (Å²) in [5.41, 5.74) is 9.03. The minimum atomic E-state index is 0.469.